The topological polar surface area (TPSA) is 52.3 Å². The van der Waals surface area contributed by atoms with Crippen LogP contribution in [0.5, 0.6) is 0 Å². The van der Waals surface area contributed by atoms with Crippen LogP contribution in [0.3, 0.4) is 0 Å². The van der Waals surface area contributed by atoms with Crippen LogP contribution in [-0.4, -0.2) is 34.4 Å². The maximum absolute atomic E-state index is 8.93. The first kappa shape index (κ1) is 19.6. The van der Waals surface area contributed by atoms with Gasteiger partial charge in [-0.15, -0.1) is 16.8 Å². The summed E-state index contributed by atoms with van der Waals surface area (Å²) in [6, 6.07) is 10.5. The van der Waals surface area contributed by atoms with Gasteiger partial charge in [-0.1, -0.05) is 35.5 Å². The average molecular weight is 429 g/mol. The monoisotopic (exact) mass is 428 g/mol. The molecule has 1 saturated heterocycles. The van der Waals surface area contributed by atoms with Crippen molar-refractivity contribution in [2.45, 2.75) is 29.4 Å². The van der Waals surface area contributed by atoms with Gasteiger partial charge < -0.3 is 4.90 Å². The van der Waals surface area contributed by atoms with Crippen LogP contribution < -0.4 is 0 Å². The van der Waals surface area contributed by atoms with E-state index in [0.29, 0.717) is 5.92 Å². The third-order valence-electron chi connectivity index (χ3n) is 5.52. The molecule has 1 fully saturated rings. The predicted molar refractivity (Wildman–Crippen MR) is 118 cm³/mol. The second-order valence-corrected chi connectivity index (χ2v) is 9.25. The van der Waals surface area contributed by atoms with E-state index < -0.39 is 0 Å². The first-order valence-electron chi connectivity index (χ1n) is 9.33. The number of pyridine rings is 1. The molecule has 1 aromatic heterocycles. The Morgan fingerprint density at radius 1 is 1.36 bits per heavy atom. The largest absolute Gasteiger partial charge is 0.351 e. The number of aliphatic imine (C=N–C) groups is 1. The molecule has 4 rings (SSSR count). The maximum atomic E-state index is 8.93. The molecule has 7 heteroatoms. The predicted octanol–water partition coefficient (Wildman–Crippen LogP) is 5.38. The van der Waals surface area contributed by atoms with E-state index in [4.69, 9.17) is 21.8 Å². The highest BCUT2D eigenvalue weighted by molar-refractivity contribution is 8.13. The van der Waals surface area contributed by atoms with E-state index in [1.165, 1.54) is 21.7 Å². The molecule has 0 N–H and O–H groups in total. The van der Waals surface area contributed by atoms with Gasteiger partial charge in [-0.2, -0.15) is 5.26 Å². The Bertz CT molecular complexity index is 932. The Kier molecular flexibility index (Phi) is 6.15. The van der Waals surface area contributed by atoms with Crippen molar-refractivity contribution in [2.24, 2.45) is 10.9 Å². The van der Waals surface area contributed by atoms with Crippen molar-refractivity contribution in [3.8, 4) is 6.19 Å². The van der Waals surface area contributed by atoms with Gasteiger partial charge in [-0.3, -0.25) is 4.98 Å². The molecule has 0 aliphatic carbocycles. The lowest BCUT2D eigenvalue weighted by molar-refractivity contribution is 0.250. The normalized spacial score (nSPS) is 20.1. The van der Waals surface area contributed by atoms with E-state index in [2.05, 4.69) is 28.1 Å². The number of fused-ring (bicyclic) bond motifs is 2. The van der Waals surface area contributed by atoms with Crippen molar-refractivity contribution in [2.75, 3.05) is 19.3 Å². The van der Waals surface area contributed by atoms with E-state index >= 15 is 0 Å². The molecule has 0 spiro atoms. The van der Waals surface area contributed by atoms with Gasteiger partial charge in [0.05, 0.1) is 5.69 Å². The molecule has 144 valence electrons. The van der Waals surface area contributed by atoms with Crippen molar-refractivity contribution < 1.29 is 0 Å². The number of likely N-dealkylation sites (tertiary alicyclic amines) is 1. The lowest BCUT2D eigenvalue weighted by Crippen LogP contribution is -2.38. The Balaban J connectivity index is 1.66. The Morgan fingerprint density at radius 3 is 2.93 bits per heavy atom. The molecule has 0 bridgehead atoms. The number of nitriles is 1. The van der Waals surface area contributed by atoms with Crippen molar-refractivity contribution in [1.29, 1.82) is 5.26 Å². The number of hydrogen-bond acceptors (Lipinski definition) is 5. The van der Waals surface area contributed by atoms with Gasteiger partial charge in [0.25, 0.3) is 0 Å². The fourth-order valence-corrected chi connectivity index (χ4v) is 6.17. The van der Waals surface area contributed by atoms with Gasteiger partial charge >= 0.3 is 0 Å². The van der Waals surface area contributed by atoms with E-state index in [1.54, 1.807) is 11.8 Å². The first-order chi connectivity index (χ1) is 13.7. The zero-order valence-corrected chi connectivity index (χ0v) is 18.0. The summed E-state index contributed by atoms with van der Waals surface area (Å²) in [6.07, 6.45) is 7.93. The number of aromatic nitrogens is 1. The van der Waals surface area contributed by atoms with E-state index in [1.807, 2.05) is 42.5 Å². The second-order valence-electron chi connectivity index (χ2n) is 7.02. The van der Waals surface area contributed by atoms with Gasteiger partial charge in [0, 0.05) is 40.9 Å². The summed E-state index contributed by atoms with van der Waals surface area (Å²) in [5.74, 6) is 1.72. The first-order valence-corrected chi connectivity index (χ1v) is 11.9. The number of nitrogens with zero attached hydrogens (tertiary/aromatic N) is 4. The summed E-state index contributed by atoms with van der Waals surface area (Å²) in [7, 11) is 0. The fourth-order valence-electron chi connectivity index (χ4n) is 4.24. The van der Waals surface area contributed by atoms with Gasteiger partial charge in [0.1, 0.15) is 0 Å². The number of amidine groups is 1. The molecule has 0 saturated carbocycles. The number of piperidine rings is 1. The number of hydrogen-bond donors (Lipinski definition) is 0. The average Bonchev–Trinajstić information content (AvgIpc) is 2.89. The smallest absolute Gasteiger partial charge is 0.208 e. The minimum absolute atomic E-state index is 0.284. The summed E-state index contributed by atoms with van der Waals surface area (Å²) >= 11 is 9.70. The quantitative estimate of drug-likeness (QED) is 0.346. The third kappa shape index (κ3) is 3.89. The van der Waals surface area contributed by atoms with Crippen LogP contribution in [0.2, 0.25) is 5.02 Å². The summed E-state index contributed by atoms with van der Waals surface area (Å²) in [5.41, 5.74) is 3.88. The minimum Gasteiger partial charge on any atom is -0.351 e. The van der Waals surface area contributed by atoms with Crippen LogP contribution in [0.25, 0.3) is 0 Å². The van der Waals surface area contributed by atoms with Crippen LogP contribution in [0, 0.1) is 17.4 Å². The number of thioether (sulfide) groups is 2. The molecule has 2 aliphatic heterocycles. The van der Waals surface area contributed by atoms with Gasteiger partial charge in [-0.05, 0) is 54.3 Å². The molecule has 1 unspecified atom stereocenters. The molecule has 1 aromatic carbocycles. The Hall–Kier alpha value is -1.68. The van der Waals surface area contributed by atoms with Gasteiger partial charge in [0.2, 0.25) is 6.19 Å². The van der Waals surface area contributed by atoms with Crippen molar-refractivity contribution >= 4 is 40.3 Å². The highest BCUT2D eigenvalue weighted by Crippen LogP contribution is 2.46. The molecule has 1 atom stereocenters. The maximum Gasteiger partial charge on any atom is 0.208 e. The number of rotatable bonds is 1. The molecule has 28 heavy (non-hydrogen) atoms. The number of halogens is 1. The van der Waals surface area contributed by atoms with E-state index in [0.717, 1.165) is 41.9 Å². The molecule has 0 radical (unpaired) electrons. The molecule has 2 aliphatic rings. The molecular weight excluding hydrogens is 408 g/mol. The van der Waals surface area contributed by atoms with Crippen LogP contribution in [0.1, 0.15) is 35.6 Å². The van der Waals surface area contributed by atoms with Crippen LogP contribution in [0.15, 0.2) is 46.4 Å². The fraction of sp³-hybridized carbons (Fsp3) is 0.381. The Labute approximate surface area is 179 Å². The second kappa shape index (κ2) is 8.77. The zero-order valence-electron chi connectivity index (χ0n) is 15.6. The summed E-state index contributed by atoms with van der Waals surface area (Å²) in [5, 5.41) is 10.5. The Morgan fingerprint density at radius 2 is 2.18 bits per heavy atom. The molecule has 4 nitrogen and oxygen atoms in total. The van der Waals surface area contributed by atoms with Gasteiger partial charge in [0.15, 0.2) is 5.17 Å². The van der Waals surface area contributed by atoms with Crippen molar-refractivity contribution in [1.82, 2.24) is 9.88 Å². The van der Waals surface area contributed by atoms with Crippen molar-refractivity contribution in [3.05, 3.63) is 58.4 Å². The van der Waals surface area contributed by atoms with Crippen LogP contribution in [0.4, 0.5) is 0 Å². The van der Waals surface area contributed by atoms with Crippen LogP contribution in [-0.2, 0) is 5.75 Å². The highest BCUT2D eigenvalue weighted by atomic mass is 35.5. The lowest BCUT2D eigenvalue weighted by atomic mass is 9.77. The highest BCUT2D eigenvalue weighted by Gasteiger charge is 2.34. The van der Waals surface area contributed by atoms with Gasteiger partial charge in [-0.25, -0.2) is 0 Å². The molecule has 2 aromatic rings. The zero-order chi connectivity index (χ0) is 19.5. The van der Waals surface area contributed by atoms with E-state index in [-0.39, 0.29) is 5.92 Å². The lowest BCUT2D eigenvalue weighted by Gasteiger charge is -2.37. The summed E-state index contributed by atoms with van der Waals surface area (Å²) < 4.78 is 0. The number of benzene rings is 1. The van der Waals surface area contributed by atoms with Crippen LogP contribution >= 0.6 is 35.1 Å². The SMILES string of the molecule is CS/C(=N\C#N)N1CCC(C2c3ccc(Cl)cc3SCc3cccnc32)CC1. The standard InChI is InChI=1S/C21H21ClN4S2/c1-27-21(25-13-23)26-9-6-14(7-10-26)19-17-5-4-16(22)11-18(17)28-12-15-3-2-8-24-20(15)19/h2-5,8,11,14,19H,6-7,9-10,12H2,1H3/b25-21-. The van der Waals surface area contributed by atoms with Crippen molar-refractivity contribution in [3.63, 3.8) is 0 Å². The molecule has 0 amide bonds. The summed E-state index contributed by atoms with van der Waals surface area (Å²) in [4.78, 5) is 12.3. The summed E-state index contributed by atoms with van der Waals surface area (Å²) in [6.45, 7) is 1.83. The molecule has 3 heterocycles. The third-order valence-corrected chi connectivity index (χ3v) is 7.59. The molecular formula is C21H21ClN4S2. The van der Waals surface area contributed by atoms with E-state index in [9.17, 15) is 0 Å². The minimum atomic E-state index is 0.284.